The maximum absolute atomic E-state index is 12.2. The van der Waals surface area contributed by atoms with Gasteiger partial charge in [0.15, 0.2) is 5.76 Å². The Hall–Kier alpha value is -3.28. The molecule has 0 saturated heterocycles. The third-order valence-corrected chi connectivity index (χ3v) is 4.22. The second kappa shape index (κ2) is 8.89. The lowest BCUT2D eigenvalue weighted by molar-refractivity contribution is 0.240. The molecule has 6 nitrogen and oxygen atoms in total. The zero-order chi connectivity index (χ0) is 19.1. The van der Waals surface area contributed by atoms with E-state index in [0.29, 0.717) is 23.6 Å². The molecule has 0 aliphatic heterocycles. The van der Waals surface area contributed by atoms with Crippen LogP contribution in [0.1, 0.15) is 18.4 Å². The van der Waals surface area contributed by atoms with Gasteiger partial charge in [0.25, 0.3) is 0 Å². The predicted molar refractivity (Wildman–Crippen MR) is 103 cm³/mol. The van der Waals surface area contributed by atoms with Gasteiger partial charge in [-0.05, 0) is 37.0 Å². The second-order valence-electron chi connectivity index (χ2n) is 6.14. The maximum Gasteiger partial charge on any atom is 0.427 e. The van der Waals surface area contributed by atoms with Crippen molar-refractivity contribution < 1.29 is 13.9 Å². The molecule has 0 unspecified atom stereocenters. The Kier molecular flexibility index (Phi) is 6.10. The molecule has 2 aromatic carbocycles. The molecule has 27 heavy (non-hydrogen) atoms. The molecule has 0 aliphatic carbocycles. The number of methoxy groups -OCH3 is 1. The van der Waals surface area contributed by atoms with Crippen molar-refractivity contribution in [3.05, 3.63) is 76.9 Å². The van der Waals surface area contributed by atoms with E-state index in [1.165, 1.54) is 11.8 Å². The van der Waals surface area contributed by atoms with Crippen LogP contribution in [0.5, 0.6) is 5.75 Å². The number of oxazole rings is 1. The first-order valence-electron chi connectivity index (χ1n) is 8.86. The van der Waals surface area contributed by atoms with Gasteiger partial charge in [-0.3, -0.25) is 0 Å². The number of carbonyl (C=O) groups is 1. The van der Waals surface area contributed by atoms with E-state index in [1.54, 1.807) is 31.4 Å². The van der Waals surface area contributed by atoms with Crippen molar-refractivity contribution >= 4 is 6.03 Å². The smallest absolute Gasteiger partial charge is 0.427 e. The summed E-state index contributed by atoms with van der Waals surface area (Å²) < 4.78 is 11.3. The molecule has 0 aliphatic rings. The lowest BCUT2D eigenvalue weighted by Crippen LogP contribution is -2.34. The van der Waals surface area contributed by atoms with Gasteiger partial charge in [0.05, 0.1) is 13.3 Å². The van der Waals surface area contributed by atoms with E-state index < -0.39 is 11.8 Å². The van der Waals surface area contributed by atoms with Gasteiger partial charge in [0.1, 0.15) is 5.75 Å². The summed E-state index contributed by atoms with van der Waals surface area (Å²) in [7, 11) is 1.56. The quantitative estimate of drug-likeness (QED) is 0.647. The first kappa shape index (κ1) is 18.5. The number of ether oxygens (including phenoxy) is 1. The van der Waals surface area contributed by atoms with Crippen LogP contribution in [0.25, 0.3) is 11.3 Å². The third-order valence-electron chi connectivity index (χ3n) is 4.22. The Morgan fingerprint density at radius 2 is 1.93 bits per heavy atom. The van der Waals surface area contributed by atoms with Crippen molar-refractivity contribution in [1.82, 2.24) is 9.88 Å². The highest BCUT2D eigenvalue weighted by Gasteiger charge is 2.14. The number of nitrogens with zero attached hydrogens (tertiary/aromatic N) is 1. The van der Waals surface area contributed by atoms with Gasteiger partial charge in [-0.1, -0.05) is 42.5 Å². The molecule has 0 radical (unpaired) electrons. The number of aryl methyl sites for hydroxylation is 1. The molecule has 6 heteroatoms. The Morgan fingerprint density at radius 1 is 1.11 bits per heavy atom. The van der Waals surface area contributed by atoms with E-state index in [4.69, 9.17) is 9.15 Å². The minimum Gasteiger partial charge on any atom is -0.497 e. The fourth-order valence-corrected chi connectivity index (χ4v) is 2.77. The van der Waals surface area contributed by atoms with E-state index in [1.807, 2.05) is 18.2 Å². The number of hydrogen-bond acceptors (Lipinski definition) is 4. The van der Waals surface area contributed by atoms with Crippen molar-refractivity contribution in [1.29, 1.82) is 0 Å². The van der Waals surface area contributed by atoms with Crippen LogP contribution in [0.3, 0.4) is 0 Å². The van der Waals surface area contributed by atoms with Crippen LogP contribution in [0.15, 0.2) is 70.0 Å². The van der Waals surface area contributed by atoms with Crippen LogP contribution in [-0.2, 0) is 6.42 Å². The predicted octanol–water partition coefficient (Wildman–Crippen LogP) is 3.70. The fourth-order valence-electron chi connectivity index (χ4n) is 2.77. The molecule has 0 fully saturated rings. The molecule has 3 aromatic rings. The topological polar surface area (TPSA) is 73.5 Å². The lowest BCUT2D eigenvalue weighted by Gasteiger charge is -2.04. The molecule has 0 spiro atoms. The zero-order valence-corrected chi connectivity index (χ0v) is 15.2. The zero-order valence-electron chi connectivity index (χ0n) is 15.2. The Morgan fingerprint density at radius 3 is 2.70 bits per heavy atom. The summed E-state index contributed by atoms with van der Waals surface area (Å²) in [6, 6.07) is 16.8. The monoisotopic (exact) mass is 366 g/mol. The summed E-state index contributed by atoms with van der Waals surface area (Å²) in [5, 5.41) is 2.75. The number of hydrogen-bond donors (Lipinski definition) is 1. The average Bonchev–Trinajstić information content (AvgIpc) is 3.10. The number of benzene rings is 2. The molecule has 0 atom stereocenters. The summed E-state index contributed by atoms with van der Waals surface area (Å²) in [6.45, 7) is 0.498. The SMILES string of the molecule is COc1cccc(-c2cn(C(=O)NCCCCc3ccccc3)c(=O)o2)c1. The molecule has 3 rings (SSSR count). The molecule has 1 N–H and O–H groups in total. The van der Waals surface area contributed by atoms with Crippen LogP contribution < -0.4 is 15.8 Å². The first-order valence-corrected chi connectivity index (χ1v) is 8.86. The number of aromatic nitrogens is 1. The number of carbonyl (C=O) groups excluding carboxylic acids is 1. The van der Waals surface area contributed by atoms with Crippen LogP contribution in [-0.4, -0.2) is 24.3 Å². The van der Waals surface area contributed by atoms with Crippen molar-refractivity contribution in [2.24, 2.45) is 0 Å². The number of nitrogens with one attached hydrogen (secondary N) is 1. The maximum atomic E-state index is 12.2. The minimum absolute atomic E-state index is 0.318. The molecule has 1 heterocycles. The largest absolute Gasteiger partial charge is 0.497 e. The number of amides is 1. The van der Waals surface area contributed by atoms with Crippen LogP contribution >= 0.6 is 0 Å². The minimum atomic E-state index is -0.713. The Labute approximate surface area is 157 Å². The number of rotatable bonds is 7. The Bertz CT molecular complexity index is 944. The van der Waals surface area contributed by atoms with Gasteiger partial charge in [-0.2, -0.15) is 4.57 Å². The van der Waals surface area contributed by atoms with E-state index >= 15 is 0 Å². The van der Waals surface area contributed by atoms with E-state index in [2.05, 4.69) is 17.4 Å². The average molecular weight is 366 g/mol. The standard InChI is InChI=1S/C21H22N2O4/c1-26-18-12-7-11-17(14-18)19-15-23(21(25)27-19)20(24)22-13-6-5-10-16-8-3-2-4-9-16/h2-4,7-9,11-12,14-15H,5-6,10,13H2,1H3,(H,22,24). The van der Waals surface area contributed by atoms with Crippen molar-refractivity contribution in [3.63, 3.8) is 0 Å². The second-order valence-corrected chi connectivity index (χ2v) is 6.14. The van der Waals surface area contributed by atoms with Gasteiger partial charge in [0, 0.05) is 12.1 Å². The van der Waals surface area contributed by atoms with Crippen molar-refractivity contribution in [3.8, 4) is 17.1 Å². The lowest BCUT2D eigenvalue weighted by atomic mass is 10.1. The molecular weight excluding hydrogens is 344 g/mol. The van der Waals surface area contributed by atoms with Gasteiger partial charge in [0.2, 0.25) is 0 Å². The fraction of sp³-hybridized carbons (Fsp3) is 0.238. The van der Waals surface area contributed by atoms with Gasteiger partial charge >= 0.3 is 11.8 Å². The van der Waals surface area contributed by atoms with Gasteiger partial charge in [-0.15, -0.1) is 0 Å². The highest BCUT2D eigenvalue weighted by atomic mass is 16.5. The third kappa shape index (κ3) is 4.88. The van der Waals surface area contributed by atoms with E-state index in [-0.39, 0.29) is 0 Å². The van der Waals surface area contributed by atoms with Crippen molar-refractivity contribution in [2.75, 3.05) is 13.7 Å². The van der Waals surface area contributed by atoms with Gasteiger partial charge < -0.3 is 14.5 Å². The molecule has 0 saturated carbocycles. The molecular formula is C21H22N2O4. The van der Waals surface area contributed by atoms with E-state index in [0.717, 1.165) is 23.8 Å². The Balaban J connectivity index is 1.54. The van der Waals surface area contributed by atoms with Crippen LogP contribution in [0.4, 0.5) is 4.79 Å². The molecule has 1 amide bonds. The summed E-state index contributed by atoms with van der Waals surface area (Å²) in [5.41, 5.74) is 1.94. The van der Waals surface area contributed by atoms with Crippen LogP contribution in [0.2, 0.25) is 0 Å². The highest BCUT2D eigenvalue weighted by molar-refractivity contribution is 5.77. The molecule has 1 aromatic heterocycles. The first-order chi connectivity index (χ1) is 13.2. The summed E-state index contributed by atoms with van der Waals surface area (Å²) in [4.78, 5) is 24.2. The summed E-state index contributed by atoms with van der Waals surface area (Å²) in [6.07, 6.45) is 4.15. The van der Waals surface area contributed by atoms with Crippen molar-refractivity contribution in [2.45, 2.75) is 19.3 Å². The van der Waals surface area contributed by atoms with Crippen LogP contribution in [0, 0.1) is 0 Å². The molecule has 140 valence electrons. The van der Waals surface area contributed by atoms with E-state index in [9.17, 15) is 9.59 Å². The highest BCUT2D eigenvalue weighted by Crippen LogP contribution is 2.22. The normalized spacial score (nSPS) is 10.6. The van der Waals surface area contributed by atoms with Gasteiger partial charge in [-0.25, -0.2) is 9.59 Å². The summed E-state index contributed by atoms with van der Waals surface area (Å²) in [5.74, 6) is 0.249. The summed E-state index contributed by atoms with van der Waals surface area (Å²) >= 11 is 0. The number of unbranched alkanes of at least 4 members (excludes halogenated alkanes) is 1. The molecule has 0 bridgehead atoms.